The molecule has 1 aromatic rings. The predicted molar refractivity (Wildman–Crippen MR) is 64.0 cm³/mol. The van der Waals surface area contributed by atoms with Crippen LogP contribution >= 0.6 is 0 Å². The molecular weight excluding hydrogens is 218 g/mol. The van der Waals surface area contributed by atoms with Crippen LogP contribution in [0.1, 0.15) is 25.5 Å². The Morgan fingerprint density at radius 1 is 1.65 bits per heavy atom. The van der Waals surface area contributed by atoms with Crippen molar-refractivity contribution in [2.75, 3.05) is 18.0 Å². The van der Waals surface area contributed by atoms with Crippen molar-refractivity contribution >= 4 is 11.9 Å². The molecule has 0 spiro atoms. The predicted octanol–water partition coefficient (Wildman–Crippen LogP) is 1.34. The third-order valence-corrected chi connectivity index (χ3v) is 3.12. The molecule has 1 atom stereocenters. The summed E-state index contributed by atoms with van der Waals surface area (Å²) >= 11 is 0. The number of hydrogen-bond donors (Lipinski definition) is 1. The molecule has 0 bridgehead atoms. The van der Waals surface area contributed by atoms with E-state index in [-0.39, 0.29) is 5.92 Å². The molecule has 0 amide bonds. The van der Waals surface area contributed by atoms with Crippen LogP contribution in [0.4, 0.5) is 5.95 Å². The average molecular weight is 235 g/mol. The zero-order valence-electron chi connectivity index (χ0n) is 9.96. The molecule has 2 heterocycles. The van der Waals surface area contributed by atoms with E-state index in [9.17, 15) is 4.79 Å². The van der Waals surface area contributed by atoms with E-state index in [2.05, 4.69) is 9.97 Å². The Bertz CT molecular complexity index is 408. The van der Waals surface area contributed by atoms with Crippen molar-refractivity contribution in [3.63, 3.8) is 0 Å². The van der Waals surface area contributed by atoms with Crippen LogP contribution in [0.2, 0.25) is 0 Å². The van der Waals surface area contributed by atoms with Crippen molar-refractivity contribution in [2.24, 2.45) is 5.92 Å². The van der Waals surface area contributed by atoms with Gasteiger partial charge in [-0.1, -0.05) is 6.92 Å². The molecule has 92 valence electrons. The molecule has 17 heavy (non-hydrogen) atoms. The van der Waals surface area contributed by atoms with Gasteiger partial charge >= 0.3 is 5.97 Å². The topological polar surface area (TPSA) is 66.3 Å². The van der Waals surface area contributed by atoms with Gasteiger partial charge in [0.1, 0.15) is 0 Å². The number of carboxylic acids is 1. The van der Waals surface area contributed by atoms with E-state index in [1.807, 2.05) is 17.9 Å². The number of aryl methyl sites for hydroxylation is 1. The number of anilines is 1. The fourth-order valence-electron chi connectivity index (χ4n) is 2.09. The summed E-state index contributed by atoms with van der Waals surface area (Å²) in [5.41, 5.74) is 0.993. The van der Waals surface area contributed by atoms with Crippen LogP contribution < -0.4 is 4.90 Å². The minimum atomic E-state index is -0.721. The fourth-order valence-corrected chi connectivity index (χ4v) is 2.09. The van der Waals surface area contributed by atoms with Crippen molar-refractivity contribution in [2.45, 2.75) is 26.2 Å². The molecule has 1 saturated heterocycles. The van der Waals surface area contributed by atoms with Crippen LogP contribution in [0.15, 0.2) is 12.3 Å². The molecule has 5 heteroatoms. The first-order chi connectivity index (χ1) is 8.20. The van der Waals surface area contributed by atoms with Crippen LogP contribution in [0.25, 0.3) is 0 Å². The van der Waals surface area contributed by atoms with Crippen LogP contribution in [-0.2, 0) is 11.2 Å². The van der Waals surface area contributed by atoms with Gasteiger partial charge in [0.25, 0.3) is 0 Å². The van der Waals surface area contributed by atoms with E-state index >= 15 is 0 Å². The summed E-state index contributed by atoms with van der Waals surface area (Å²) < 4.78 is 0. The van der Waals surface area contributed by atoms with E-state index in [1.165, 1.54) is 0 Å². The normalized spacial score (nSPS) is 20.3. The van der Waals surface area contributed by atoms with Gasteiger partial charge in [0.2, 0.25) is 5.95 Å². The monoisotopic (exact) mass is 235 g/mol. The molecule has 2 rings (SSSR count). The fraction of sp³-hybridized carbons (Fsp3) is 0.583. The number of carbonyl (C=O) groups is 1. The Morgan fingerprint density at radius 2 is 2.47 bits per heavy atom. The second-order valence-corrected chi connectivity index (χ2v) is 4.32. The first kappa shape index (κ1) is 11.8. The van der Waals surface area contributed by atoms with E-state index < -0.39 is 5.97 Å². The number of nitrogens with zero attached hydrogens (tertiary/aromatic N) is 3. The summed E-state index contributed by atoms with van der Waals surface area (Å²) in [5.74, 6) is -0.353. The highest BCUT2D eigenvalue weighted by Crippen LogP contribution is 2.20. The highest BCUT2D eigenvalue weighted by Gasteiger charge is 2.26. The zero-order chi connectivity index (χ0) is 12.3. The van der Waals surface area contributed by atoms with Crippen LogP contribution in [-0.4, -0.2) is 34.1 Å². The second kappa shape index (κ2) is 5.12. The van der Waals surface area contributed by atoms with Crippen molar-refractivity contribution in [1.82, 2.24) is 9.97 Å². The van der Waals surface area contributed by atoms with E-state index in [4.69, 9.17) is 5.11 Å². The maximum atomic E-state index is 11.0. The van der Waals surface area contributed by atoms with Gasteiger partial charge in [-0.05, 0) is 25.3 Å². The highest BCUT2D eigenvalue weighted by molar-refractivity contribution is 5.71. The Kier molecular flexibility index (Phi) is 3.56. The van der Waals surface area contributed by atoms with Gasteiger partial charge in [0.15, 0.2) is 0 Å². The minimum Gasteiger partial charge on any atom is -0.481 e. The van der Waals surface area contributed by atoms with E-state index in [0.29, 0.717) is 12.5 Å². The van der Waals surface area contributed by atoms with E-state index in [1.54, 1.807) is 6.20 Å². The quantitative estimate of drug-likeness (QED) is 0.856. The van der Waals surface area contributed by atoms with E-state index in [0.717, 1.165) is 31.5 Å². The molecule has 1 aliphatic rings. The smallest absolute Gasteiger partial charge is 0.308 e. The van der Waals surface area contributed by atoms with Gasteiger partial charge in [0.05, 0.1) is 5.92 Å². The number of hydrogen-bond acceptors (Lipinski definition) is 4. The van der Waals surface area contributed by atoms with Crippen LogP contribution in [0.3, 0.4) is 0 Å². The van der Waals surface area contributed by atoms with Gasteiger partial charge in [0, 0.05) is 25.0 Å². The maximum absolute atomic E-state index is 11.0. The maximum Gasteiger partial charge on any atom is 0.308 e. The lowest BCUT2D eigenvalue weighted by Gasteiger charge is -2.30. The molecule has 1 fully saturated rings. The summed E-state index contributed by atoms with van der Waals surface area (Å²) in [5, 5.41) is 9.04. The standard InChI is InChI=1S/C12H17N3O2/c1-2-10-5-6-13-12(14-10)15-7-3-4-9(8-15)11(16)17/h5-6,9H,2-4,7-8H2,1H3,(H,16,17). The number of aliphatic carboxylic acids is 1. The van der Waals surface area contributed by atoms with Gasteiger partial charge < -0.3 is 10.0 Å². The summed E-state index contributed by atoms with van der Waals surface area (Å²) in [6, 6.07) is 1.89. The number of aromatic nitrogens is 2. The Morgan fingerprint density at radius 3 is 3.18 bits per heavy atom. The van der Waals surface area contributed by atoms with Gasteiger partial charge in [-0.25, -0.2) is 9.97 Å². The Hall–Kier alpha value is -1.65. The molecule has 5 nitrogen and oxygen atoms in total. The third-order valence-electron chi connectivity index (χ3n) is 3.12. The van der Waals surface area contributed by atoms with Crippen LogP contribution in [0.5, 0.6) is 0 Å². The molecule has 1 aromatic heterocycles. The lowest BCUT2D eigenvalue weighted by Crippen LogP contribution is -2.39. The number of piperidine rings is 1. The molecule has 0 saturated carbocycles. The van der Waals surface area contributed by atoms with Gasteiger partial charge in [-0.2, -0.15) is 0 Å². The summed E-state index contributed by atoms with van der Waals surface area (Å²) in [6.45, 7) is 3.40. The largest absolute Gasteiger partial charge is 0.481 e. The molecule has 0 aliphatic carbocycles. The number of carboxylic acid groups (broad SMARTS) is 1. The second-order valence-electron chi connectivity index (χ2n) is 4.32. The molecule has 0 aromatic carbocycles. The molecule has 1 unspecified atom stereocenters. The lowest BCUT2D eigenvalue weighted by atomic mass is 9.99. The SMILES string of the molecule is CCc1ccnc(N2CCCC(C(=O)O)C2)n1. The summed E-state index contributed by atoms with van der Waals surface area (Å²) in [6.07, 6.45) is 4.24. The first-order valence-electron chi connectivity index (χ1n) is 6.00. The molecule has 1 N–H and O–H groups in total. The van der Waals surface area contributed by atoms with Crippen molar-refractivity contribution in [1.29, 1.82) is 0 Å². The third kappa shape index (κ3) is 2.72. The van der Waals surface area contributed by atoms with Crippen molar-refractivity contribution in [3.05, 3.63) is 18.0 Å². The highest BCUT2D eigenvalue weighted by atomic mass is 16.4. The molecule has 0 radical (unpaired) electrons. The van der Waals surface area contributed by atoms with Gasteiger partial charge in [-0.15, -0.1) is 0 Å². The first-order valence-corrected chi connectivity index (χ1v) is 6.00. The van der Waals surface area contributed by atoms with Crippen LogP contribution in [0, 0.1) is 5.92 Å². The lowest BCUT2D eigenvalue weighted by molar-refractivity contribution is -0.141. The minimum absolute atomic E-state index is 0.294. The summed E-state index contributed by atoms with van der Waals surface area (Å²) in [7, 11) is 0. The molecule has 1 aliphatic heterocycles. The van der Waals surface area contributed by atoms with Crippen molar-refractivity contribution in [3.8, 4) is 0 Å². The molecular formula is C12H17N3O2. The summed E-state index contributed by atoms with van der Waals surface area (Å²) in [4.78, 5) is 21.6. The Labute approximate surface area is 100 Å². The van der Waals surface area contributed by atoms with Crippen molar-refractivity contribution < 1.29 is 9.90 Å². The van der Waals surface area contributed by atoms with Gasteiger partial charge in [-0.3, -0.25) is 4.79 Å². The average Bonchev–Trinajstić information content (AvgIpc) is 2.39. The Balaban J connectivity index is 2.13. The zero-order valence-corrected chi connectivity index (χ0v) is 9.96. The number of rotatable bonds is 3.